The molecular formula is C16H20FN3O4S. The molecule has 7 nitrogen and oxygen atoms in total. The first-order valence-electron chi connectivity index (χ1n) is 8.17. The summed E-state index contributed by atoms with van der Waals surface area (Å²) in [5.41, 5.74) is 0.913. The quantitative estimate of drug-likeness (QED) is 0.852. The number of rotatable bonds is 3. The Kier molecular flexibility index (Phi) is 4.79. The third-order valence-electron chi connectivity index (χ3n) is 4.66. The summed E-state index contributed by atoms with van der Waals surface area (Å²) in [4.78, 5) is 26.3. The van der Waals surface area contributed by atoms with Crippen molar-refractivity contribution in [2.75, 3.05) is 37.2 Å². The molecule has 2 amide bonds. The second kappa shape index (κ2) is 6.72. The topological polar surface area (TPSA) is 86.8 Å². The molecule has 1 atom stereocenters. The zero-order valence-electron chi connectivity index (χ0n) is 13.9. The molecule has 3 rings (SSSR count). The molecule has 0 bridgehead atoms. The minimum Gasteiger partial charge on any atom is -0.340 e. The minimum absolute atomic E-state index is 0.00490. The molecule has 0 aliphatic carbocycles. The molecule has 136 valence electrons. The van der Waals surface area contributed by atoms with Crippen LogP contribution < -0.4 is 5.32 Å². The molecule has 2 aliphatic heterocycles. The lowest BCUT2D eigenvalue weighted by molar-refractivity contribution is -0.136. The van der Waals surface area contributed by atoms with Gasteiger partial charge in [0, 0.05) is 38.3 Å². The summed E-state index contributed by atoms with van der Waals surface area (Å²) < 4.78 is 38.6. The van der Waals surface area contributed by atoms with Gasteiger partial charge in [-0.1, -0.05) is 6.07 Å². The van der Waals surface area contributed by atoms with Crippen molar-refractivity contribution in [2.45, 2.75) is 19.3 Å². The molecule has 1 aromatic rings. The summed E-state index contributed by atoms with van der Waals surface area (Å²) in [6.45, 7) is 2.65. The number of nitrogens with zero attached hydrogens (tertiary/aromatic N) is 2. The van der Waals surface area contributed by atoms with Crippen molar-refractivity contribution in [3.63, 3.8) is 0 Å². The zero-order valence-corrected chi connectivity index (χ0v) is 14.7. The Hall–Kier alpha value is -2.00. The highest BCUT2D eigenvalue weighted by molar-refractivity contribution is 7.89. The molecule has 25 heavy (non-hydrogen) atoms. The van der Waals surface area contributed by atoms with Crippen LogP contribution in [0.5, 0.6) is 0 Å². The number of amides is 2. The molecule has 2 heterocycles. The van der Waals surface area contributed by atoms with Gasteiger partial charge in [0.2, 0.25) is 21.8 Å². The van der Waals surface area contributed by atoms with Crippen molar-refractivity contribution in [1.82, 2.24) is 9.21 Å². The van der Waals surface area contributed by atoms with Crippen molar-refractivity contribution in [3.8, 4) is 0 Å². The fourth-order valence-corrected chi connectivity index (χ4v) is 4.33. The van der Waals surface area contributed by atoms with E-state index in [9.17, 15) is 22.4 Å². The van der Waals surface area contributed by atoms with Gasteiger partial charge in [-0.15, -0.1) is 0 Å². The Labute approximate surface area is 145 Å². The van der Waals surface area contributed by atoms with E-state index in [1.54, 1.807) is 11.8 Å². The second-order valence-electron chi connectivity index (χ2n) is 6.16. The van der Waals surface area contributed by atoms with Crippen molar-refractivity contribution in [3.05, 3.63) is 29.6 Å². The summed E-state index contributed by atoms with van der Waals surface area (Å²) in [5, 5.41) is 2.59. The van der Waals surface area contributed by atoms with Crippen LogP contribution >= 0.6 is 0 Å². The number of halogens is 1. The summed E-state index contributed by atoms with van der Waals surface area (Å²) in [6.07, 6.45) is 0.00490. The summed E-state index contributed by atoms with van der Waals surface area (Å²) in [7, 11) is -3.27. The van der Waals surface area contributed by atoms with Crippen LogP contribution in [-0.4, -0.2) is 61.4 Å². The monoisotopic (exact) mass is 369 g/mol. The Morgan fingerprint density at radius 2 is 1.96 bits per heavy atom. The van der Waals surface area contributed by atoms with Crippen molar-refractivity contribution < 1.29 is 22.4 Å². The van der Waals surface area contributed by atoms with Crippen LogP contribution in [-0.2, 0) is 19.6 Å². The average Bonchev–Trinajstić information content (AvgIpc) is 2.60. The van der Waals surface area contributed by atoms with E-state index < -0.39 is 21.8 Å². The molecule has 1 aromatic carbocycles. The summed E-state index contributed by atoms with van der Waals surface area (Å²) in [5.74, 6) is -1.67. The first-order valence-corrected chi connectivity index (χ1v) is 9.78. The van der Waals surface area contributed by atoms with Crippen LogP contribution in [0.3, 0.4) is 0 Å². The Balaban J connectivity index is 1.76. The molecular weight excluding hydrogens is 349 g/mol. The highest BCUT2D eigenvalue weighted by Crippen LogP contribution is 2.34. The van der Waals surface area contributed by atoms with E-state index in [1.165, 1.54) is 22.5 Å². The molecule has 1 fully saturated rings. The molecule has 1 saturated heterocycles. The highest BCUT2D eigenvalue weighted by Gasteiger charge is 2.36. The van der Waals surface area contributed by atoms with E-state index in [0.29, 0.717) is 11.3 Å². The molecule has 0 aromatic heterocycles. The molecule has 2 aliphatic rings. The number of fused-ring (bicyclic) bond motifs is 1. The van der Waals surface area contributed by atoms with Gasteiger partial charge in [-0.3, -0.25) is 9.59 Å². The normalized spacial score (nSPS) is 21.6. The molecule has 1 unspecified atom stereocenters. The maximum atomic E-state index is 13.4. The Bertz CT molecular complexity index is 804. The number of benzene rings is 1. The lowest BCUT2D eigenvalue weighted by atomic mass is 9.89. The molecule has 0 saturated carbocycles. The van der Waals surface area contributed by atoms with Gasteiger partial charge in [0.05, 0.1) is 11.7 Å². The third-order valence-corrected chi connectivity index (χ3v) is 6.54. The molecule has 0 radical (unpaired) electrons. The number of nitrogens with one attached hydrogen (secondary N) is 1. The van der Waals surface area contributed by atoms with E-state index in [-0.39, 0.29) is 50.2 Å². The van der Waals surface area contributed by atoms with E-state index in [0.717, 1.165) is 0 Å². The lowest BCUT2D eigenvalue weighted by Crippen LogP contribution is -2.52. The zero-order chi connectivity index (χ0) is 18.2. The smallest absolute Gasteiger partial charge is 0.230 e. The first kappa shape index (κ1) is 17.8. The van der Waals surface area contributed by atoms with Gasteiger partial charge in [-0.25, -0.2) is 12.8 Å². The lowest BCUT2D eigenvalue weighted by Gasteiger charge is -2.36. The predicted octanol–water partition coefficient (Wildman–Crippen LogP) is 0.745. The van der Waals surface area contributed by atoms with E-state index in [4.69, 9.17) is 0 Å². The van der Waals surface area contributed by atoms with Crippen LogP contribution in [0.25, 0.3) is 0 Å². The van der Waals surface area contributed by atoms with E-state index >= 15 is 0 Å². The van der Waals surface area contributed by atoms with Crippen LogP contribution in [0.15, 0.2) is 18.2 Å². The Morgan fingerprint density at radius 1 is 1.28 bits per heavy atom. The highest BCUT2D eigenvalue weighted by atomic mass is 32.2. The van der Waals surface area contributed by atoms with Gasteiger partial charge in [-0.2, -0.15) is 4.31 Å². The van der Waals surface area contributed by atoms with E-state index in [2.05, 4.69) is 5.32 Å². The number of sulfonamides is 1. The largest absolute Gasteiger partial charge is 0.340 e. The second-order valence-corrected chi connectivity index (χ2v) is 8.42. The maximum Gasteiger partial charge on any atom is 0.230 e. The van der Waals surface area contributed by atoms with Crippen molar-refractivity contribution in [1.29, 1.82) is 0 Å². The number of piperazine rings is 1. The fourth-order valence-electron chi connectivity index (χ4n) is 3.25. The van der Waals surface area contributed by atoms with Gasteiger partial charge in [0.15, 0.2) is 0 Å². The standard InChI is InChI=1S/C16H20FN3O4S/c1-2-25(23,24)20-7-5-19(6-8-20)16(22)13-10-15(21)18-14-9-11(17)3-4-12(13)14/h3-4,9,13H,2,5-8,10H2,1H3,(H,18,21). The van der Waals surface area contributed by atoms with Crippen LogP contribution in [0.2, 0.25) is 0 Å². The summed E-state index contributed by atoms with van der Waals surface area (Å²) >= 11 is 0. The number of hydrogen-bond donors (Lipinski definition) is 1. The van der Waals surface area contributed by atoms with Crippen molar-refractivity contribution in [2.24, 2.45) is 0 Å². The van der Waals surface area contributed by atoms with Crippen LogP contribution in [0.4, 0.5) is 10.1 Å². The third kappa shape index (κ3) is 3.52. The van der Waals surface area contributed by atoms with Crippen LogP contribution in [0.1, 0.15) is 24.8 Å². The van der Waals surface area contributed by atoms with Gasteiger partial charge >= 0.3 is 0 Å². The summed E-state index contributed by atoms with van der Waals surface area (Å²) in [6, 6.07) is 3.99. The predicted molar refractivity (Wildman–Crippen MR) is 90.0 cm³/mol. The number of hydrogen-bond acceptors (Lipinski definition) is 4. The van der Waals surface area contributed by atoms with Gasteiger partial charge in [0.1, 0.15) is 5.82 Å². The molecule has 1 N–H and O–H groups in total. The number of carbonyl (C=O) groups is 2. The Morgan fingerprint density at radius 3 is 2.60 bits per heavy atom. The number of anilines is 1. The number of carbonyl (C=O) groups excluding carboxylic acids is 2. The van der Waals surface area contributed by atoms with Gasteiger partial charge < -0.3 is 10.2 Å². The first-order chi connectivity index (χ1) is 11.8. The SMILES string of the molecule is CCS(=O)(=O)N1CCN(C(=O)C2CC(=O)Nc3cc(F)ccc32)CC1. The van der Waals surface area contributed by atoms with Crippen LogP contribution in [0, 0.1) is 5.82 Å². The molecule has 0 spiro atoms. The fraction of sp³-hybridized carbons (Fsp3) is 0.500. The minimum atomic E-state index is -3.27. The maximum absolute atomic E-state index is 13.4. The van der Waals surface area contributed by atoms with Crippen molar-refractivity contribution >= 4 is 27.5 Å². The van der Waals surface area contributed by atoms with E-state index in [1.807, 2.05) is 0 Å². The van der Waals surface area contributed by atoms with Gasteiger partial charge in [-0.05, 0) is 24.6 Å². The van der Waals surface area contributed by atoms with Gasteiger partial charge in [0.25, 0.3) is 0 Å². The average molecular weight is 369 g/mol. The molecule has 9 heteroatoms.